The van der Waals surface area contributed by atoms with Gasteiger partial charge in [0.25, 0.3) is 0 Å². The van der Waals surface area contributed by atoms with E-state index in [2.05, 4.69) is 34.7 Å². The summed E-state index contributed by atoms with van der Waals surface area (Å²) in [4.78, 5) is 19.3. The van der Waals surface area contributed by atoms with E-state index in [1.165, 1.54) is 5.56 Å². The van der Waals surface area contributed by atoms with Crippen LogP contribution in [0.1, 0.15) is 47.8 Å². The zero-order chi connectivity index (χ0) is 24.8. The smallest absolute Gasteiger partial charge is 0.303 e. The summed E-state index contributed by atoms with van der Waals surface area (Å²) in [6, 6.07) is 9.60. The number of ether oxygens (including phenoxy) is 1. The summed E-state index contributed by atoms with van der Waals surface area (Å²) in [6.45, 7) is 4.33. The monoisotopic (exact) mass is 492 g/mol. The molecule has 3 atom stereocenters. The molecule has 184 valence electrons. The molecule has 0 radical (unpaired) electrons. The zero-order valence-electron chi connectivity index (χ0n) is 20.2. The van der Waals surface area contributed by atoms with Gasteiger partial charge >= 0.3 is 5.97 Å². The van der Waals surface area contributed by atoms with Crippen LogP contribution in [0.2, 0.25) is 0 Å². The second kappa shape index (κ2) is 11.7. The van der Waals surface area contributed by atoms with Crippen molar-refractivity contribution in [3.63, 3.8) is 0 Å². The van der Waals surface area contributed by atoms with E-state index >= 15 is 0 Å². The number of carboxylic acid groups (broad SMARTS) is 1. The van der Waals surface area contributed by atoms with E-state index in [4.69, 9.17) is 4.74 Å². The second-order valence-electron chi connectivity index (χ2n) is 9.25. The van der Waals surface area contributed by atoms with Crippen LogP contribution in [-0.4, -0.2) is 52.8 Å². The van der Waals surface area contributed by atoms with Crippen LogP contribution in [0, 0.1) is 30.6 Å². The van der Waals surface area contributed by atoms with Crippen molar-refractivity contribution >= 4 is 28.2 Å². The topological polar surface area (TPSA) is 82.9 Å². The molecule has 0 aliphatic carbocycles. The number of aliphatic carboxylic acids is 1. The molecule has 35 heavy (non-hydrogen) atoms. The van der Waals surface area contributed by atoms with Crippen molar-refractivity contribution in [1.82, 2.24) is 9.88 Å². The average molecular weight is 493 g/mol. The Labute approximate surface area is 210 Å². The highest BCUT2D eigenvalue weighted by Crippen LogP contribution is 2.34. The van der Waals surface area contributed by atoms with Gasteiger partial charge in [0.1, 0.15) is 5.75 Å². The van der Waals surface area contributed by atoms with Crippen LogP contribution in [-0.2, 0) is 4.79 Å². The van der Waals surface area contributed by atoms with Crippen LogP contribution in [0.15, 0.2) is 41.9 Å². The van der Waals surface area contributed by atoms with Gasteiger partial charge in [-0.15, -0.1) is 11.3 Å². The van der Waals surface area contributed by atoms with Gasteiger partial charge in [-0.3, -0.25) is 14.7 Å². The number of benzene rings is 1. The van der Waals surface area contributed by atoms with E-state index in [9.17, 15) is 15.0 Å². The van der Waals surface area contributed by atoms with Gasteiger partial charge in [-0.25, -0.2) is 0 Å². The molecule has 7 heteroatoms. The summed E-state index contributed by atoms with van der Waals surface area (Å²) < 4.78 is 5.35. The van der Waals surface area contributed by atoms with Crippen molar-refractivity contribution in [2.45, 2.75) is 38.7 Å². The van der Waals surface area contributed by atoms with Crippen molar-refractivity contribution in [3.8, 4) is 17.6 Å². The summed E-state index contributed by atoms with van der Waals surface area (Å²) >= 11 is 1.65. The van der Waals surface area contributed by atoms with Crippen LogP contribution < -0.4 is 4.74 Å². The van der Waals surface area contributed by atoms with E-state index in [1.807, 2.05) is 29.6 Å². The number of aromatic nitrogens is 1. The molecule has 2 aromatic heterocycles. The fourth-order valence-corrected chi connectivity index (χ4v) is 5.75. The molecule has 4 rings (SSSR count). The second-order valence-corrected chi connectivity index (χ2v) is 10.2. The minimum Gasteiger partial charge on any atom is -0.497 e. The number of likely N-dealkylation sites (tertiary alicyclic amines) is 1. The van der Waals surface area contributed by atoms with Crippen LogP contribution in [0.25, 0.3) is 10.9 Å². The van der Waals surface area contributed by atoms with Crippen LogP contribution in [0.5, 0.6) is 5.75 Å². The fraction of sp³-hybridized carbons (Fsp3) is 0.429. The molecular weight excluding hydrogens is 460 g/mol. The van der Waals surface area contributed by atoms with E-state index in [0.717, 1.165) is 53.0 Å². The molecule has 0 spiro atoms. The SMILES string of the molecule is COc1ccc2nccc(C(O)CC[C@@H]3CCN(CC#Cc4sccc4C)C[C@@H]3CC(=O)O)c2c1. The summed E-state index contributed by atoms with van der Waals surface area (Å²) in [7, 11) is 1.62. The predicted molar refractivity (Wildman–Crippen MR) is 139 cm³/mol. The summed E-state index contributed by atoms with van der Waals surface area (Å²) in [5.41, 5.74) is 2.85. The first kappa shape index (κ1) is 25.2. The van der Waals surface area contributed by atoms with Gasteiger partial charge < -0.3 is 14.9 Å². The third kappa shape index (κ3) is 6.40. The molecule has 0 bridgehead atoms. The highest BCUT2D eigenvalue weighted by Gasteiger charge is 2.31. The Bertz CT molecular complexity index is 1230. The molecule has 3 aromatic rings. The normalized spacial score (nSPS) is 19.2. The molecule has 1 saturated heterocycles. The van der Waals surface area contributed by atoms with Crippen molar-refractivity contribution < 1.29 is 19.7 Å². The first-order valence-electron chi connectivity index (χ1n) is 12.0. The molecule has 1 aliphatic rings. The first-order chi connectivity index (χ1) is 16.9. The number of piperidine rings is 1. The lowest BCUT2D eigenvalue weighted by molar-refractivity contribution is -0.139. The molecule has 6 nitrogen and oxygen atoms in total. The lowest BCUT2D eigenvalue weighted by Crippen LogP contribution is -2.41. The molecule has 1 aliphatic heterocycles. The quantitative estimate of drug-likeness (QED) is 0.436. The fourth-order valence-electron chi connectivity index (χ4n) is 4.96. The number of carboxylic acids is 1. The van der Waals surface area contributed by atoms with Gasteiger partial charge in [0.05, 0.1) is 30.2 Å². The Morgan fingerprint density at radius 1 is 1.31 bits per heavy atom. The molecule has 0 saturated carbocycles. The summed E-state index contributed by atoms with van der Waals surface area (Å²) in [5, 5.41) is 23.5. The molecule has 1 unspecified atom stereocenters. The maximum Gasteiger partial charge on any atom is 0.303 e. The Morgan fingerprint density at radius 2 is 2.17 bits per heavy atom. The molecular formula is C28H32N2O4S. The Balaban J connectivity index is 1.39. The third-order valence-electron chi connectivity index (χ3n) is 6.93. The van der Waals surface area contributed by atoms with Crippen LogP contribution in [0.3, 0.4) is 0 Å². The maximum atomic E-state index is 11.6. The average Bonchev–Trinajstić information content (AvgIpc) is 3.26. The van der Waals surface area contributed by atoms with Crippen LogP contribution in [0.4, 0.5) is 0 Å². The number of carbonyl (C=O) groups is 1. The largest absolute Gasteiger partial charge is 0.497 e. The number of methoxy groups -OCH3 is 1. The van der Waals surface area contributed by atoms with E-state index in [0.29, 0.717) is 13.0 Å². The number of nitrogens with zero attached hydrogens (tertiary/aromatic N) is 2. The van der Waals surface area contributed by atoms with Gasteiger partial charge in [0, 0.05) is 24.5 Å². The third-order valence-corrected chi connectivity index (χ3v) is 7.86. The number of hydrogen-bond acceptors (Lipinski definition) is 6. The molecule has 1 aromatic carbocycles. The Kier molecular flexibility index (Phi) is 8.40. The zero-order valence-corrected chi connectivity index (χ0v) is 21.1. The molecule has 1 fully saturated rings. The maximum absolute atomic E-state index is 11.6. The highest BCUT2D eigenvalue weighted by molar-refractivity contribution is 7.10. The van der Waals surface area contributed by atoms with Crippen LogP contribution >= 0.6 is 11.3 Å². The molecule has 3 heterocycles. The number of thiophene rings is 1. The van der Waals surface area contributed by atoms with Crippen molar-refractivity contribution in [3.05, 3.63) is 57.9 Å². The van der Waals surface area contributed by atoms with E-state index in [1.54, 1.807) is 24.6 Å². The number of aliphatic hydroxyl groups excluding tert-OH is 1. The lowest BCUT2D eigenvalue weighted by Gasteiger charge is -2.37. The van der Waals surface area contributed by atoms with E-state index in [-0.39, 0.29) is 18.3 Å². The minimum absolute atomic E-state index is 0.0491. The van der Waals surface area contributed by atoms with Gasteiger partial charge in [-0.1, -0.05) is 11.8 Å². The minimum atomic E-state index is -0.769. The summed E-state index contributed by atoms with van der Waals surface area (Å²) in [5.74, 6) is 6.78. The van der Waals surface area contributed by atoms with Gasteiger partial charge in [-0.2, -0.15) is 0 Å². The number of pyridine rings is 1. The number of aliphatic hydroxyl groups is 1. The predicted octanol–water partition coefficient (Wildman–Crippen LogP) is 4.89. The van der Waals surface area contributed by atoms with Gasteiger partial charge in [0.15, 0.2) is 0 Å². The standard InChI is InChI=1S/C28H32N2O4S/c1-19-11-15-35-27(19)4-3-13-30-14-10-20(21(18-30)16-28(32)33)5-8-26(31)23-9-12-29-25-7-6-22(34-2)17-24(23)25/h6-7,9,11-12,15,17,20-21,26,31H,5,8,10,13-14,16,18H2,1-2H3,(H,32,33)/t20-,21+,26?/m1/s1. The number of fused-ring (bicyclic) bond motifs is 1. The lowest BCUT2D eigenvalue weighted by atomic mass is 9.79. The van der Waals surface area contributed by atoms with Gasteiger partial charge in [-0.05, 0) is 91.4 Å². The van der Waals surface area contributed by atoms with E-state index < -0.39 is 12.1 Å². The Morgan fingerprint density at radius 3 is 2.91 bits per heavy atom. The highest BCUT2D eigenvalue weighted by atomic mass is 32.1. The Hall–Kier alpha value is -2.92. The number of rotatable bonds is 8. The van der Waals surface area contributed by atoms with Gasteiger partial charge in [0.2, 0.25) is 0 Å². The van der Waals surface area contributed by atoms with Crippen molar-refractivity contribution in [2.24, 2.45) is 11.8 Å². The van der Waals surface area contributed by atoms with Crippen molar-refractivity contribution in [1.29, 1.82) is 0 Å². The summed E-state index contributed by atoms with van der Waals surface area (Å²) in [6.07, 6.45) is 3.49. The number of aryl methyl sites for hydroxylation is 1. The first-order valence-corrected chi connectivity index (χ1v) is 12.9. The molecule has 2 N–H and O–H groups in total. The number of hydrogen-bond donors (Lipinski definition) is 2. The van der Waals surface area contributed by atoms with Crippen molar-refractivity contribution in [2.75, 3.05) is 26.7 Å². The molecule has 0 amide bonds.